The van der Waals surface area contributed by atoms with Crippen LogP contribution >= 0.6 is 0 Å². The Morgan fingerprint density at radius 3 is 2.31 bits per heavy atom. The molecule has 1 saturated carbocycles. The van der Waals surface area contributed by atoms with E-state index in [0.717, 1.165) is 12.5 Å². The maximum absolute atomic E-state index is 3.56. The Morgan fingerprint density at radius 1 is 1.25 bits per heavy atom. The lowest BCUT2D eigenvalue weighted by atomic mass is 10.1. The molecule has 0 aliphatic heterocycles. The summed E-state index contributed by atoms with van der Waals surface area (Å²) in [4.78, 5) is 2.64. The highest BCUT2D eigenvalue weighted by atomic mass is 15.1. The first kappa shape index (κ1) is 14.0. The van der Waals surface area contributed by atoms with E-state index in [4.69, 9.17) is 0 Å². The molecule has 1 rings (SSSR count). The van der Waals surface area contributed by atoms with Gasteiger partial charge in [0.15, 0.2) is 0 Å². The largest absolute Gasteiger partial charge is 0.312 e. The summed E-state index contributed by atoms with van der Waals surface area (Å²) < 4.78 is 0. The first-order valence-corrected chi connectivity index (χ1v) is 6.87. The fourth-order valence-corrected chi connectivity index (χ4v) is 1.94. The van der Waals surface area contributed by atoms with Gasteiger partial charge in [0, 0.05) is 18.1 Å². The zero-order valence-corrected chi connectivity index (χ0v) is 11.8. The average molecular weight is 226 g/mol. The van der Waals surface area contributed by atoms with Crippen LogP contribution in [0.5, 0.6) is 0 Å². The number of nitrogens with zero attached hydrogens (tertiary/aromatic N) is 1. The Balaban J connectivity index is 2.11. The molecule has 0 radical (unpaired) electrons. The fraction of sp³-hybridized carbons (Fsp3) is 1.00. The van der Waals surface area contributed by atoms with Crippen LogP contribution in [0.1, 0.15) is 53.9 Å². The standard InChI is InChI=1S/C14H30N2/c1-12(2)16(11-13-7-8-13)10-6-9-15-14(3,4)5/h12-13,15H,6-11H2,1-5H3. The molecule has 0 bridgehead atoms. The van der Waals surface area contributed by atoms with Crippen LogP contribution in [0.3, 0.4) is 0 Å². The predicted molar refractivity (Wildman–Crippen MR) is 71.8 cm³/mol. The van der Waals surface area contributed by atoms with E-state index in [1.54, 1.807) is 0 Å². The molecule has 0 amide bonds. The van der Waals surface area contributed by atoms with Crippen LogP contribution in [0, 0.1) is 5.92 Å². The number of nitrogens with one attached hydrogen (secondary N) is 1. The molecule has 0 saturated heterocycles. The molecule has 0 aromatic carbocycles. The van der Waals surface area contributed by atoms with Crippen molar-refractivity contribution >= 4 is 0 Å². The average Bonchev–Trinajstić information content (AvgIpc) is 2.91. The lowest BCUT2D eigenvalue weighted by molar-refractivity contribution is 0.207. The SMILES string of the molecule is CC(C)N(CCCNC(C)(C)C)CC1CC1. The summed E-state index contributed by atoms with van der Waals surface area (Å²) in [6.45, 7) is 15.0. The molecule has 96 valence electrons. The summed E-state index contributed by atoms with van der Waals surface area (Å²) in [5, 5.41) is 3.56. The first-order chi connectivity index (χ1) is 7.38. The number of hydrogen-bond acceptors (Lipinski definition) is 2. The van der Waals surface area contributed by atoms with Crippen LogP contribution in [0.25, 0.3) is 0 Å². The maximum atomic E-state index is 3.56. The Bertz CT molecular complexity index is 189. The molecule has 0 unspecified atom stereocenters. The van der Waals surface area contributed by atoms with Crippen molar-refractivity contribution in [1.82, 2.24) is 10.2 Å². The summed E-state index contributed by atoms with van der Waals surface area (Å²) in [7, 11) is 0. The van der Waals surface area contributed by atoms with Gasteiger partial charge < -0.3 is 10.2 Å². The first-order valence-electron chi connectivity index (χ1n) is 6.87. The molecule has 1 N–H and O–H groups in total. The van der Waals surface area contributed by atoms with Crippen molar-refractivity contribution in [2.24, 2.45) is 5.92 Å². The van der Waals surface area contributed by atoms with Gasteiger partial charge in [0.2, 0.25) is 0 Å². The number of rotatable bonds is 7. The maximum Gasteiger partial charge on any atom is 0.00965 e. The summed E-state index contributed by atoms with van der Waals surface area (Å²) >= 11 is 0. The highest BCUT2D eigenvalue weighted by Gasteiger charge is 2.25. The Hall–Kier alpha value is -0.0800. The molecular weight excluding hydrogens is 196 g/mol. The molecule has 0 atom stereocenters. The van der Waals surface area contributed by atoms with E-state index in [1.165, 1.54) is 32.4 Å². The molecule has 16 heavy (non-hydrogen) atoms. The van der Waals surface area contributed by atoms with Gasteiger partial charge in [0.25, 0.3) is 0 Å². The van der Waals surface area contributed by atoms with Crippen molar-refractivity contribution in [2.75, 3.05) is 19.6 Å². The second-order valence-electron chi connectivity index (χ2n) is 6.56. The molecule has 2 heteroatoms. The van der Waals surface area contributed by atoms with E-state index in [9.17, 15) is 0 Å². The third-order valence-electron chi connectivity index (χ3n) is 3.20. The minimum absolute atomic E-state index is 0.263. The third-order valence-corrected chi connectivity index (χ3v) is 3.20. The van der Waals surface area contributed by atoms with Gasteiger partial charge in [0.05, 0.1) is 0 Å². The lowest BCUT2D eigenvalue weighted by Crippen LogP contribution is -2.39. The Labute approximate surface area is 102 Å². The van der Waals surface area contributed by atoms with E-state index in [1.807, 2.05) is 0 Å². The summed E-state index contributed by atoms with van der Waals surface area (Å²) in [6.07, 6.45) is 4.19. The smallest absolute Gasteiger partial charge is 0.00965 e. The van der Waals surface area contributed by atoms with Gasteiger partial charge in [-0.3, -0.25) is 0 Å². The summed E-state index contributed by atoms with van der Waals surface area (Å²) in [5.74, 6) is 1.01. The molecule has 1 fully saturated rings. The van der Waals surface area contributed by atoms with Crippen molar-refractivity contribution in [1.29, 1.82) is 0 Å². The number of hydrogen-bond donors (Lipinski definition) is 1. The minimum atomic E-state index is 0.263. The van der Waals surface area contributed by atoms with Gasteiger partial charge in [-0.2, -0.15) is 0 Å². The van der Waals surface area contributed by atoms with E-state index in [0.29, 0.717) is 6.04 Å². The highest BCUT2D eigenvalue weighted by molar-refractivity contribution is 4.79. The van der Waals surface area contributed by atoms with E-state index in [2.05, 4.69) is 44.8 Å². The molecule has 1 aliphatic rings. The Morgan fingerprint density at radius 2 is 1.88 bits per heavy atom. The molecular formula is C14H30N2. The van der Waals surface area contributed by atoms with Crippen LogP contribution in [0.2, 0.25) is 0 Å². The predicted octanol–water partition coefficient (Wildman–Crippen LogP) is 2.89. The molecule has 0 aromatic heterocycles. The second kappa shape index (κ2) is 6.02. The lowest BCUT2D eigenvalue weighted by Gasteiger charge is -2.27. The van der Waals surface area contributed by atoms with Crippen LogP contribution in [-0.4, -0.2) is 36.1 Å². The van der Waals surface area contributed by atoms with E-state index >= 15 is 0 Å². The molecule has 2 nitrogen and oxygen atoms in total. The molecule has 0 spiro atoms. The van der Waals surface area contributed by atoms with Gasteiger partial charge in [-0.15, -0.1) is 0 Å². The van der Waals surface area contributed by atoms with Gasteiger partial charge in [-0.1, -0.05) is 0 Å². The topological polar surface area (TPSA) is 15.3 Å². The van der Waals surface area contributed by atoms with Gasteiger partial charge in [-0.05, 0) is 72.9 Å². The van der Waals surface area contributed by atoms with Crippen molar-refractivity contribution in [2.45, 2.75) is 65.5 Å². The van der Waals surface area contributed by atoms with Crippen molar-refractivity contribution < 1.29 is 0 Å². The van der Waals surface area contributed by atoms with Gasteiger partial charge >= 0.3 is 0 Å². The molecule has 1 aliphatic carbocycles. The van der Waals surface area contributed by atoms with Gasteiger partial charge in [0.1, 0.15) is 0 Å². The van der Waals surface area contributed by atoms with E-state index in [-0.39, 0.29) is 5.54 Å². The van der Waals surface area contributed by atoms with Crippen LogP contribution in [-0.2, 0) is 0 Å². The van der Waals surface area contributed by atoms with Crippen molar-refractivity contribution in [3.05, 3.63) is 0 Å². The summed E-state index contributed by atoms with van der Waals surface area (Å²) in [6, 6.07) is 0.704. The third kappa shape index (κ3) is 6.49. The monoisotopic (exact) mass is 226 g/mol. The van der Waals surface area contributed by atoms with Crippen LogP contribution in [0.15, 0.2) is 0 Å². The van der Waals surface area contributed by atoms with E-state index < -0.39 is 0 Å². The Kier molecular flexibility index (Phi) is 5.26. The second-order valence-corrected chi connectivity index (χ2v) is 6.56. The van der Waals surface area contributed by atoms with Gasteiger partial charge in [-0.25, -0.2) is 0 Å². The molecule has 0 heterocycles. The summed E-state index contributed by atoms with van der Waals surface area (Å²) in [5.41, 5.74) is 0.263. The fourth-order valence-electron chi connectivity index (χ4n) is 1.94. The normalized spacial score (nSPS) is 17.4. The van der Waals surface area contributed by atoms with Crippen molar-refractivity contribution in [3.8, 4) is 0 Å². The van der Waals surface area contributed by atoms with Crippen LogP contribution in [0.4, 0.5) is 0 Å². The quantitative estimate of drug-likeness (QED) is 0.672. The van der Waals surface area contributed by atoms with Crippen molar-refractivity contribution in [3.63, 3.8) is 0 Å². The zero-order valence-electron chi connectivity index (χ0n) is 11.8. The minimum Gasteiger partial charge on any atom is -0.312 e. The highest BCUT2D eigenvalue weighted by Crippen LogP contribution is 2.30. The van der Waals surface area contributed by atoms with Crippen LogP contribution < -0.4 is 5.32 Å². The molecule has 0 aromatic rings. The zero-order chi connectivity index (χ0) is 12.2.